The lowest BCUT2D eigenvalue weighted by atomic mass is 10.4. The minimum atomic E-state index is -0.467. The molecule has 1 atom stereocenters. The number of benzene rings is 1. The molecule has 18 heavy (non-hydrogen) atoms. The Morgan fingerprint density at radius 3 is 2.50 bits per heavy atom. The SMILES string of the molecule is CCNC(=O)NC(=O)[C@@H](C)Sc1ccc(Cl)cc1. The first-order valence-corrected chi connectivity index (χ1v) is 6.79. The summed E-state index contributed by atoms with van der Waals surface area (Å²) in [6, 6.07) is 6.73. The topological polar surface area (TPSA) is 58.2 Å². The molecular formula is C12H15ClN2O2S. The molecule has 0 radical (unpaired) electrons. The van der Waals surface area contributed by atoms with Crippen LogP contribution in [0, 0.1) is 0 Å². The van der Waals surface area contributed by atoms with Crippen molar-refractivity contribution in [3.05, 3.63) is 29.3 Å². The molecule has 4 nitrogen and oxygen atoms in total. The second-order valence-electron chi connectivity index (χ2n) is 3.56. The Kier molecular flexibility index (Phi) is 6.01. The fourth-order valence-electron chi connectivity index (χ4n) is 1.19. The van der Waals surface area contributed by atoms with Gasteiger partial charge >= 0.3 is 6.03 Å². The quantitative estimate of drug-likeness (QED) is 0.837. The van der Waals surface area contributed by atoms with E-state index in [1.54, 1.807) is 26.0 Å². The van der Waals surface area contributed by atoms with Gasteiger partial charge in [-0.15, -0.1) is 11.8 Å². The van der Waals surface area contributed by atoms with Gasteiger partial charge in [-0.25, -0.2) is 4.79 Å². The summed E-state index contributed by atoms with van der Waals surface area (Å²) < 4.78 is 0. The monoisotopic (exact) mass is 286 g/mol. The van der Waals surface area contributed by atoms with E-state index < -0.39 is 6.03 Å². The van der Waals surface area contributed by atoms with Crippen molar-refractivity contribution in [2.24, 2.45) is 0 Å². The molecule has 2 N–H and O–H groups in total. The van der Waals surface area contributed by atoms with E-state index in [4.69, 9.17) is 11.6 Å². The van der Waals surface area contributed by atoms with E-state index >= 15 is 0 Å². The maximum absolute atomic E-state index is 11.7. The van der Waals surface area contributed by atoms with Crippen molar-refractivity contribution >= 4 is 35.3 Å². The second kappa shape index (κ2) is 7.28. The number of amides is 3. The Hall–Kier alpha value is -1.20. The summed E-state index contributed by atoms with van der Waals surface area (Å²) in [6.07, 6.45) is 0. The summed E-state index contributed by atoms with van der Waals surface area (Å²) in [7, 11) is 0. The van der Waals surface area contributed by atoms with Gasteiger partial charge in [-0.05, 0) is 38.1 Å². The van der Waals surface area contributed by atoms with Gasteiger partial charge in [0.1, 0.15) is 0 Å². The van der Waals surface area contributed by atoms with Gasteiger partial charge in [0, 0.05) is 16.5 Å². The molecule has 6 heteroatoms. The van der Waals surface area contributed by atoms with Gasteiger partial charge in [-0.2, -0.15) is 0 Å². The van der Waals surface area contributed by atoms with E-state index in [1.165, 1.54) is 11.8 Å². The van der Waals surface area contributed by atoms with E-state index in [1.807, 2.05) is 12.1 Å². The minimum absolute atomic E-state index is 0.319. The maximum Gasteiger partial charge on any atom is 0.321 e. The molecule has 0 aliphatic heterocycles. The van der Waals surface area contributed by atoms with E-state index in [0.717, 1.165) is 4.90 Å². The highest BCUT2D eigenvalue weighted by Crippen LogP contribution is 2.24. The van der Waals surface area contributed by atoms with E-state index in [0.29, 0.717) is 11.6 Å². The molecule has 0 fully saturated rings. The fraction of sp³-hybridized carbons (Fsp3) is 0.333. The Bertz CT molecular complexity index is 423. The van der Waals surface area contributed by atoms with E-state index in [2.05, 4.69) is 10.6 Å². The molecule has 3 amide bonds. The molecule has 1 aromatic carbocycles. The number of imide groups is 1. The van der Waals surface area contributed by atoms with Crippen LogP contribution in [-0.2, 0) is 4.79 Å². The molecule has 1 aromatic rings. The molecule has 0 heterocycles. The number of hydrogen-bond donors (Lipinski definition) is 2. The maximum atomic E-state index is 11.7. The van der Waals surface area contributed by atoms with E-state index in [-0.39, 0.29) is 11.2 Å². The number of hydrogen-bond acceptors (Lipinski definition) is 3. The smallest absolute Gasteiger partial charge is 0.321 e. The number of rotatable bonds is 4. The van der Waals surface area contributed by atoms with E-state index in [9.17, 15) is 9.59 Å². The van der Waals surface area contributed by atoms with Crippen LogP contribution in [0.15, 0.2) is 29.2 Å². The van der Waals surface area contributed by atoms with Crippen LogP contribution in [-0.4, -0.2) is 23.7 Å². The lowest BCUT2D eigenvalue weighted by Crippen LogP contribution is -2.42. The first-order valence-electron chi connectivity index (χ1n) is 5.54. The Balaban J connectivity index is 2.49. The van der Waals surface area contributed by atoms with Gasteiger partial charge in [0.15, 0.2) is 0 Å². The third-order valence-corrected chi connectivity index (χ3v) is 3.43. The number of carbonyl (C=O) groups is 2. The summed E-state index contributed by atoms with van der Waals surface area (Å²) >= 11 is 7.14. The van der Waals surface area contributed by atoms with Gasteiger partial charge in [0.2, 0.25) is 5.91 Å². The predicted octanol–water partition coefficient (Wildman–Crippen LogP) is 2.67. The van der Waals surface area contributed by atoms with Crippen molar-refractivity contribution < 1.29 is 9.59 Å². The molecule has 0 saturated carbocycles. The average Bonchev–Trinajstić information content (AvgIpc) is 2.32. The van der Waals surface area contributed by atoms with Crippen LogP contribution in [0.5, 0.6) is 0 Å². The number of thioether (sulfide) groups is 1. The van der Waals surface area contributed by atoms with Crippen molar-refractivity contribution in [3.8, 4) is 0 Å². The summed E-state index contributed by atoms with van der Waals surface area (Å²) in [5, 5.41) is 5.08. The van der Waals surface area contributed by atoms with Crippen LogP contribution in [0.4, 0.5) is 4.79 Å². The molecule has 0 aliphatic rings. The van der Waals surface area contributed by atoms with Gasteiger partial charge in [0.05, 0.1) is 5.25 Å². The third kappa shape index (κ3) is 4.98. The van der Waals surface area contributed by atoms with Crippen LogP contribution < -0.4 is 10.6 Å². The van der Waals surface area contributed by atoms with Crippen LogP contribution in [0.3, 0.4) is 0 Å². The molecule has 0 aromatic heterocycles. The molecule has 0 aliphatic carbocycles. The number of urea groups is 1. The first-order chi connectivity index (χ1) is 8.52. The highest BCUT2D eigenvalue weighted by atomic mass is 35.5. The summed E-state index contributed by atoms with van der Waals surface area (Å²) in [5.74, 6) is -0.319. The zero-order chi connectivity index (χ0) is 13.5. The summed E-state index contributed by atoms with van der Waals surface area (Å²) in [4.78, 5) is 23.8. The standard InChI is InChI=1S/C12H15ClN2O2S/c1-3-14-12(17)15-11(16)8(2)18-10-6-4-9(13)5-7-10/h4-8H,3H2,1-2H3,(H2,14,15,16,17)/t8-/m1/s1. The van der Waals surface area contributed by atoms with Crippen LogP contribution in [0.2, 0.25) is 5.02 Å². The number of nitrogens with one attached hydrogen (secondary N) is 2. The number of carbonyl (C=O) groups excluding carboxylic acids is 2. The summed E-state index contributed by atoms with van der Waals surface area (Å²) in [6.45, 7) is 4.02. The molecule has 0 bridgehead atoms. The van der Waals surface area contributed by atoms with Crippen molar-refractivity contribution in [3.63, 3.8) is 0 Å². The lowest BCUT2D eigenvalue weighted by Gasteiger charge is -2.11. The molecular weight excluding hydrogens is 272 g/mol. The van der Waals surface area contributed by atoms with Crippen molar-refractivity contribution in [2.75, 3.05) is 6.54 Å². The predicted molar refractivity (Wildman–Crippen MR) is 74.0 cm³/mol. The highest BCUT2D eigenvalue weighted by molar-refractivity contribution is 8.00. The molecule has 0 spiro atoms. The zero-order valence-electron chi connectivity index (χ0n) is 10.2. The fourth-order valence-corrected chi connectivity index (χ4v) is 2.18. The molecule has 98 valence electrons. The summed E-state index contributed by atoms with van der Waals surface area (Å²) in [5.41, 5.74) is 0. The van der Waals surface area contributed by atoms with Crippen LogP contribution in [0.1, 0.15) is 13.8 Å². The third-order valence-electron chi connectivity index (χ3n) is 2.07. The van der Waals surface area contributed by atoms with Crippen molar-refractivity contribution in [1.29, 1.82) is 0 Å². The molecule has 0 unspecified atom stereocenters. The van der Waals surface area contributed by atoms with Gasteiger partial charge in [-0.3, -0.25) is 10.1 Å². The minimum Gasteiger partial charge on any atom is -0.338 e. The van der Waals surface area contributed by atoms with Crippen molar-refractivity contribution in [2.45, 2.75) is 24.0 Å². The Morgan fingerprint density at radius 2 is 1.94 bits per heavy atom. The van der Waals surface area contributed by atoms with Crippen LogP contribution in [0.25, 0.3) is 0 Å². The number of halogens is 1. The van der Waals surface area contributed by atoms with Gasteiger partial charge < -0.3 is 5.32 Å². The van der Waals surface area contributed by atoms with Gasteiger partial charge in [-0.1, -0.05) is 11.6 Å². The molecule has 1 rings (SSSR count). The highest BCUT2D eigenvalue weighted by Gasteiger charge is 2.16. The molecule has 0 saturated heterocycles. The van der Waals surface area contributed by atoms with Crippen LogP contribution >= 0.6 is 23.4 Å². The second-order valence-corrected chi connectivity index (χ2v) is 5.41. The first kappa shape index (κ1) is 14.9. The Labute approximate surface area is 115 Å². The largest absolute Gasteiger partial charge is 0.338 e. The normalized spacial score (nSPS) is 11.7. The lowest BCUT2D eigenvalue weighted by molar-refractivity contribution is -0.119. The Morgan fingerprint density at radius 1 is 1.33 bits per heavy atom. The van der Waals surface area contributed by atoms with Gasteiger partial charge in [0.25, 0.3) is 0 Å². The van der Waals surface area contributed by atoms with Crippen molar-refractivity contribution in [1.82, 2.24) is 10.6 Å². The zero-order valence-corrected chi connectivity index (χ0v) is 11.8. The average molecular weight is 287 g/mol.